The van der Waals surface area contributed by atoms with Crippen LogP contribution in [0.1, 0.15) is 27.4 Å². The quantitative estimate of drug-likeness (QED) is 0.343. The van der Waals surface area contributed by atoms with Gasteiger partial charge < -0.3 is 10.1 Å². The number of thiazole rings is 1. The highest BCUT2D eigenvalue weighted by Crippen LogP contribution is 2.16. The summed E-state index contributed by atoms with van der Waals surface area (Å²) in [5.74, 6) is 0.650. The lowest BCUT2D eigenvalue weighted by molar-refractivity contribution is -0.116. The Bertz CT molecular complexity index is 1150. The molecule has 0 spiro atoms. The van der Waals surface area contributed by atoms with Crippen molar-refractivity contribution in [1.82, 2.24) is 10.3 Å². The van der Waals surface area contributed by atoms with Crippen molar-refractivity contribution in [2.75, 3.05) is 0 Å². The number of carbonyl (C=O) groups excluding carboxylic acids is 1. The lowest BCUT2D eigenvalue weighted by Gasteiger charge is -2.06. The number of hydrogen-bond donors (Lipinski definition) is 1. The van der Waals surface area contributed by atoms with Gasteiger partial charge in [-0.3, -0.25) is 4.79 Å². The van der Waals surface area contributed by atoms with Crippen LogP contribution < -0.4 is 10.1 Å². The van der Waals surface area contributed by atoms with Crippen molar-refractivity contribution in [3.05, 3.63) is 124 Å². The molecule has 1 aromatic heterocycles. The van der Waals surface area contributed by atoms with E-state index >= 15 is 0 Å². The maximum Gasteiger partial charge on any atom is 0.244 e. The van der Waals surface area contributed by atoms with Crippen molar-refractivity contribution >= 4 is 23.3 Å². The van der Waals surface area contributed by atoms with Crippen molar-refractivity contribution in [2.24, 2.45) is 0 Å². The largest absolute Gasteiger partial charge is 0.489 e. The minimum absolute atomic E-state index is 0.146. The number of amides is 1. The number of hydrogen-bond acceptors (Lipinski definition) is 4. The number of aromatic nitrogens is 1. The summed E-state index contributed by atoms with van der Waals surface area (Å²) in [4.78, 5) is 16.8. The third-order valence-electron chi connectivity index (χ3n) is 4.80. The fourth-order valence-corrected chi connectivity index (χ4v) is 3.93. The fourth-order valence-electron chi connectivity index (χ4n) is 3.11. The van der Waals surface area contributed by atoms with E-state index < -0.39 is 0 Å². The lowest BCUT2D eigenvalue weighted by Crippen LogP contribution is -2.20. The van der Waals surface area contributed by atoms with Gasteiger partial charge in [0.05, 0.1) is 17.2 Å². The second-order valence-electron chi connectivity index (χ2n) is 7.29. The van der Waals surface area contributed by atoms with Crippen LogP contribution in [0.5, 0.6) is 5.75 Å². The van der Waals surface area contributed by atoms with Crippen LogP contribution in [0.25, 0.3) is 6.08 Å². The minimum Gasteiger partial charge on any atom is -0.489 e. The number of carbonyl (C=O) groups is 1. The molecule has 0 aliphatic heterocycles. The van der Waals surface area contributed by atoms with E-state index in [0.717, 1.165) is 34.0 Å². The first-order chi connectivity index (χ1) is 15.7. The van der Waals surface area contributed by atoms with Crippen LogP contribution in [-0.4, -0.2) is 10.9 Å². The molecule has 4 aromatic rings. The maximum atomic E-state index is 12.2. The first-order valence-corrected chi connectivity index (χ1v) is 11.3. The van der Waals surface area contributed by atoms with E-state index in [4.69, 9.17) is 4.74 Å². The molecule has 0 unspecified atom stereocenters. The Kier molecular flexibility index (Phi) is 7.45. The molecular formula is C27H24N2O2S. The van der Waals surface area contributed by atoms with Crippen molar-refractivity contribution in [3.8, 4) is 5.75 Å². The van der Waals surface area contributed by atoms with Crippen molar-refractivity contribution in [2.45, 2.75) is 19.6 Å². The Morgan fingerprint density at radius 2 is 1.59 bits per heavy atom. The topological polar surface area (TPSA) is 51.2 Å². The van der Waals surface area contributed by atoms with Crippen LogP contribution in [0.15, 0.2) is 96.4 Å². The van der Waals surface area contributed by atoms with Gasteiger partial charge in [0.15, 0.2) is 0 Å². The molecular weight excluding hydrogens is 416 g/mol. The van der Waals surface area contributed by atoms with Gasteiger partial charge in [0.25, 0.3) is 0 Å². The summed E-state index contributed by atoms with van der Waals surface area (Å²) in [5, 5.41) is 5.93. The van der Waals surface area contributed by atoms with Gasteiger partial charge in [-0.25, -0.2) is 4.98 Å². The third kappa shape index (κ3) is 6.65. The molecule has 32 heavy (non-hydrogen) atoms. The van der Waals surface area contributed by atoms with Crippen LogP contribution in [0.3, 0.4) is 0 Å². The van der Waals surface area contributed by atoms with E-state index in [1.54, 1.807) is 17.4 Å². The molecule has 0 aliphatic rings. The molecule has 0 radical (unpaired) electrons. The summed E-state index contributed by atoms with van der Waals surface area (Å²) in [6.45, 7) is 0.947. The third-order valence-corrected chi connectivity index (χ3v) is 5.69. The van der Waals surface area contributed by atoms with E-state index in [2.05, 4.69) is 22.4 Å². The maximum absolute atomic E-state index is 12.2. The summed E-state index contributed by atoms with van der Waals surface area (Å²) in [5.41, 5.74) is 4.17. The van der Waals surface area contributed by atoms with Gasteiger partial charge in [-0.1, -0.05) is 72.8 Å². The molecule has 1 heterocycles. The zero-order valence-electron chi connectivity index (χ0n) is 17.6. The zero-order valence-corrected chi connectivity index (χ0v) is 18.4. The highest BCUT2D eigenvalue weighted by Gasteiger charge is 2.04. The molecule has 4 nitrogen and oxygen atoms in total. The van der Waals surface area contributed by atoms with E-state index in [9.17, 15) is 4.79 Å². The average molecular weight is 441 g/mol. The molecule has 0 fully saturated rings. The second kappa shape index (κ2) is 11.1. The smallest absolute Gasteiger partial charge is 0.244 e. The molecule has 1 N–H and O–H groups in total. The molecule has 0 saturated heterocycles. The summed E-state index contributed by atoms with van der Waals surface area (Å²) in [6.07, 6.45) is 4.14. The Balaban J connectivity index is 1.22. The number of benzene rings is 3. The van der Waals surface area contributed by atoms with Gasteiger partial charge in [0.1, 0.15) is 12.4 Å². The summed E-state index contributed by atoms with van der Waals surface area (Å²) in [6, 6.07) is 28.0. The Labute approximate surface area is 192 Å². The Morgan fingerprint density at radius 3 is 2.31 bits per heavy atom. The van der Waals surface area contributed by atoms with Crippen molar-refractivity contribution < 1.29 is 9.53 Å². The summed E-state index contributed by atoms with van der Waals surface area (Å²) in [7, 11) is 0. The predicted molar refractivity (Wildman–Crippen MR) is 129 cm³/mol. The molecule has 0 bridgehead atoms. The summed E-state index contributed by atoms with van der Waals surface area (Å²) < 4.78 is 5.79. The van der Waals surface area contributed by atoms with Crippen molar-refractivity contribution in [3.63, 3.8) is 0 Å². The van der Waals surface area contributed by atoms with Gasteiger partial charge in [-0.2, -0.15) is 0 Å². The molecule has 5 heteroatoms. The second-order valence-corrected chi connectivity index (χ2v) is 8.23. The molecule has 0 aliphatic carbocycles. The normalized spacial score (nSPS) is 10.9. The number of rotatable bonds is 9. The first-order valence-electron chi connectivity index (χ1n) is 10.4. The van der Waals surface area contributed by atoms with Gasteiger partial charge in [0.2, 0.25) is 5.91 Å². The zero-order chi connectivity index (χ0) is 22.0. The SMILES string of the molecule is O=C(/C=C/c1ccc(OCc2ccccc2)cc1)NCc1csc(Cc2ccccc2)n1. The monoisotopic (exact) mass is 440 g/mol. The van der Waals surface area contributed by atoms with Gasteiger partial charge >= 0.3 is 0 Å². The van der Waals surface area contributed by atoms with E-state index in [1.807, 2.05) is 78.2 Å². The number of nitrogens with one attached hydrogen (secondary N) is 1. The molecule has 1 amide bonds. The highest BCUT2D eigenvalue weighted by atomic mass is 32.1. The van der Waals surface area contributed by atoms with Gasteiger partial charge in [0, 0.05) is 17.9 Å². The van der Waals surface area contributed by atoms with Crippen LogP contribution in [0, 0.1) is 0 Å². The highest BCUT2D eigenvalue weighted by molar-refractivity contribution is 7.09. The molecule has 3 aromatic carbocycles. The van der Waals surface area contributed by atoms with Crippen molar-refractivity contribution in [1.29, 1.82) is 0 Å². The molecule has 0 saturated carbocycles. The standard InChI is InChI=1S/C27H24N2O2S/c30-26(28-18-24-20-32-27(29-24)17-22-7-3-1-4-8-22)16-13-21-11-14-25(15-12-21)31-19-23-9-5-2-6-10-23/h1-16,20H,17-19H2,(H,28,30)/b16-13+. The Morgan fingerprint density at radius 1 is 0.906 bits per heavy atom. The molecule has 0 atom stereocenters. The number of ether oxygens (including phenoxy) is 1. The van der Waals surface area contributed by atoms with E-state index in [-0.39, 0.29) is 5.91 Å². The molecule has 4 rings (SSSR count). The lowest BCUT2D eigenvalue weighted by atomic mass is 10.2. The molecule has 160 valence electrons. The van der Waals surface area contributed by atoms with E-state index in [0.29, 0.717) is 13.2 Å². The van der Waals surface area contributed by atoms with Gasteiger partial charge in [-0.05, 0) is 34.9 Å². The van der Waals surface area contributed by atoms with E-state index in [1.165, 1.54) is 11.6 Å². The van der Waals surface area contributed by atoms with Crippen LogP contribution in [0.2, 0.25) is 0 Å². The fraction of sp³-hybridized carbons (Fsp3) is 0.111. The van der Waals surface area contributed by atoms with Crippen LogP contribution >= 0.6 is 11.3 Å². The van der Waals surface area contributed by atoms with Crippen LogP contribution in [-0.2, 0) is 24.4 Å². The first kappa shape index (κ1) is 21.5. The predicted octanol–water partition coefficient (Wildman–Crippen LogP) is 5.64. The average Bonchev–Trinajstić information content (AvgIpc) is 3.29. The summed E-state index contributed by atoms with van der Waals surface area (Å²) >= 11 is 1.62. The number of nitrogens with zero attached hydrogens (tertiary/aromatic N) is 1. The van der Waals surface area contributed by atoms with Crippen LogP contribution in [0.4, 0.5) is 0 Å². The van der Waals surface area contributed by atoms with Gasteiger partial charge in [-0.15, -0.1) is 11.3 Å². The minimum atomic E-state index is -0.146. The Hall–Kier alpha value is -3.70.